The van der Waals surface area contributed by atoms with E-state index in [1.54, 1.807) is 0 Å². The molecule has 1 heterocycles. The molecule has 1 aliphatic rings. The Morgan fingerprint density at radius 3 is 1.67 bits per heavy atom. The molecule has 118 valence electrons. The molecule has 0 spiro atoms. The minimum Gasteiger partial charge on any atom is -0.307 e. The molecule has 0 atom stereocenters. The largest absolute Gasteiger partial charge is 0.307 e. The van der Waals surface area contributed by atoms with Gasteiger partial charge in [0, 0.05) is 18.9 Å². The van der Waals surface area contributed by atoms with Crippen LogP contribution in [0.2, 0.25) is 0 Å². The molecule has 1 fully saturated rings. The van der Waals surface area contributed by atoms with Crippen LogP contribution in [0.25, 0.3) is 0 Å². The first-order chi connectivity index (χ1) is 10.0. The van der Waals surface area contributed by atoms with Crippen molar-refractivity contribution in [3.05, 3.63) is 11.5 Å². The molecule has 21 heavy (non-hydrogen) atoms. The first-order valence-electron chi connectivity index (χ1n) is 6.40. The molecule has 9 heteroatoms. The van der Waals surface area contributed by atoms with Crippen LogP contribution in [0.3, 0.4) is 0 Å². The summed E-state index contributed by atoms with van der Waals surface area (Å²) < 4.78 is 0. The summed E-state index contributed by atoms with van der Waals surface area (Å²) in [6, 6.07) is 0. The Balaban J connectivity index is 2.84. The summed E-state index contributed by atoms with van der Waals surface area (Å²) >= 11 is 11.9. The van der Waals surface area contributed by atoms with E-state index in [4.69, 9.17) is 0 Å². The highest BCUT2D eigenvalue weighted by Crippen LogP contribution is 2.12. The maximum Gasteiger partial charge on any atom is 0.249 e. The molecule has 0 saturated carbocycles. The van der Waals surface area contributed by atoms with Crippen molar-refractivity contribution in [3.63, 3.8) is 0 Å². The molecular formula is C12H19N3O3S3. The standard InChI is InChI=1S/C12H19N3O3S3/c16-10(1-4-19)13-7-14(11(17)2-5-20)9-15(8-13)12(18)3-6-21/h1,4,19-21H,2-3,5-9H2/b4-1+. The van der Waals surface area contributed by atoms with Crippen molar-refractivity contribution in [3.8, 4) is 0 Å². The van der Waals surface area contributed by atoms with Crippen LogP contribution in [0.15, 0.2) is 11.5 Å². The maximum absolute atomic E-state index is 12.0. The van der Waals surface area contributed by atoms with Gasteiger partial charge in [-0.2, -0.15) is 37.9 Å². The van der Waals surface area contributed by atoms with Gasteiger partial charge in [-0.1, -0.05) is 0 Å². The van der Waals surface area contributed by atoms with Crippen LogP contribution in [-0.2, 0) is 14.4 Å². The predicted molar refractivity (Wildman–Crippen MR) is 90.2 cm³/mol. The van der Waals surface area contributed by atoms with E-state index < -0.39 is 0 Å². The summed E-state index contributed by atoms with van der Waals surface area (Å²) in [6.07, 6.45) is 1.82. The Kier molecular flexibility index (Phi) is 8.05. The summed E-state index contributed by atoms with van der Waals surface area (Å²) in [7, 11) is 0. The van der Waals surface area contributed by atoms with Gasteiger partial charge in [-0.25, -0.2) is 0 Å². The molecule has 0 aliphatic carbocycles. The van der Waals surface area contributed by atoms with Crippen molar-refractivity contribution in [1.82, 2.24) is 14.7 Å². The highest BCUT2D eigenvalue weighted by Gasteiger charge is 2.30. The van der Waals surface area contributed by atoms with E-state index in [9.17, 15) is 14.4 Å². The van der Waals surface area contributed by atoms with E-state index >= 15 is 0 Å². The van der Waals surface area contributed by atoms with Crippen molar-refractivity contribution < 1.29 is 14.4 Å². The maximum atomic E-state index is 12.0. The molecule has 0 aromatic rings. The molecule has 3 amide bonds. The Bertz CT molecular complexity index is 405. The van der Waals surface area contributed by atoms with Crippen molar-refractivity contribution in [2.45, 2.75) is 12.8 Å². The van der Waals surface area contributed by atoms with Crippen LogP contribution >= 0.6 is 37.9 Å². The molecule has 0 aromatic heterocycles. The minimum absolute atomic E-state index is 0.138. The molecule has 1 saturated heterocycles. The van der Waals surface area contributed by atoms with Crippen molar-refractivity contribution in [2.75, 3.05) is 31.5 Å². The van der Waals surface area contributed by atoms with Crippen molar-refractivity contribution in [2.24, 2.45) is 0 Å². The van der Waals surface area contributed by atoms with Gasteiger partial charge in [-0.05, 0) is 16.9 Å². The van der Waals surface area contributed by atoms with Gasteiger partial charge in [0.1, 0.15) is 0 Å². The monoisotopic (exact) mass is 349 g/mol. The van der Waals surface area contributed by atoms with Gasteiger partial charge < -0.3 is 14.7 Å². The van der Waals surface area contributed by atoms with Crippen LogP contribution in [0.4, 0.5) is 0 Å². The van der Waals surface area contributed by atoms with E-state index in [2.05, 4.69) is 37.9 Å². The Hall–Kier alpha value is -0.800. The van der Waals surface area contributed by atoms with Crippen LogP contribution in [-0.4, -0.2) is 63.9 Å². The number of nitrogens with zero attached hydrogens (tertiary/aromatic N) is 3. The smallest absolute Gasteiger partial charge is 0.249 e. The molecule has 1 aliphatic heterocycles. The fraction of sp³-hybridized carbons (Fsp3) is 0.583. The normalized spacial score (nSPS) is 15.7. The van der Waals surface area contributed by atoms with E-state index in [0.717, 1.165) is 0 Å². The Labute approximate surface area is 140 Å². The molecule has 6 nitrogen and oxygen atoms in total. The van der Waals surface area contributed by atoms with Crippen LogP contribution in [0.1, 0.15) is 12.8 Å². The third kappa shape index (κ3) is 5.48. The summed E-state index contributed by atoms with van der Waals surface area (Å²) in [4.78, 5) is 40.3. The summed E-state index contributed by atoms with van der Waals surface area (Å²) in [5, 5.41) is 1.33. The van der Waals surface area contributed by atoms with Gasteiger partial charge >= 0.3 is 0 Å². The van der Waals surface area contributed by atoms with Gasteiger partial charge in [0.25, 0.3) is 0 Å². The third-order valence-corrected chi connectivity index (χ3v) is 3.51. The average molecular weight is 350 g/mol. The first-order valence-corrected chi connectivity index (χ1v) is 8.18. The number of carbonyl (C=O) groups excluding carboxylic acids is 3. The quantitative estimate of drug-likeness (QED) is 0.499. The lowest BCUT2D eigenvalue weighted by Gasteiger charge is -2.42. The molecule has 0 aromatic carbocycles. The van der Waals surface area contributed by atoms with Crippen LogP contribution in [0, 0.1) is 0 Å². The summed E-state index contributed by atoms with van der Waals surface area (Å²) in [5.41, 5.74) is 0. The number of hydrogen-bond acceptors (Lipinski definition) is 6. The fourth-order valence-corrected chi connectivity index (χ4v) is 2.39. The summed E-state index contributed by atoms with van der Waals surface area (Å²) in [5.74, 6) is 0.272. The molecule has 0 bridgehead atoms. The fourth-order valence-electron chi connectivity index (χ4n) is 1.88. The van der Waals surface area contributed by atoms with Gasteiger partial charge in [-0.3, -0.25) is 14.4 Å². The molecule has 0 N–H and O–H groups in total. The van der Waals surface area contributed by atoms with Crippen LogP contribution < -0.4 is 0 Å². The predicted octanol–water partition coefficient (Wildman–Crippen LogP) is 0.442. The zero-order chi connectivity index (χ0) is 15.8. The van der Waals surface area contributed by atoms with Gasteiger partial charge in [0.15, 0.2) is 0 Å². The first kappa shape index (κ1) is 18.2. The average Bonchev–Trinajstić information content (AvgIpc) is 2.47. The Morgan fingerprint density at radius 1 is 0.857 bits per heavy atom. The SMILES string of the molecule is O=C(/C=C/S)N1CN(C(=O)CCS)CN(C(=O)CCS)C1. The van der Waals surface area contributed by atoms with Crippen LogP contribution in [0.5, 0.6) is 0 Å². The highest BCUT2D eigenvalue weighted by atomic mass is 32.1. The van der Waals surface area contributed by atoms with E-state index in [1.165, 1.54) is 26.2 Å². The number of amides is 3. The Morgan fingerprint density at radius 2 is 1.29 bits per heavy atom. The second kappa shape index (κ2) is 9.26. The number of rotatable bonds is 5. The lowest BCUT2D eigenvalue weighted by molar-refractivity contribution is -0.156. The topological polar surface area (TPSA) is 60.9 Å². The van der Waals surface area contributed by atoms with Gasteiger partial charge in [0.05, 0.1) is 20.0 Å². The number of carbonyl (C=O) groups is 3. The second-order valence-corrected chi connectivity index (χ2v) is 5.63. The second-order valence-electron chi connectivity index (χ2n) is 4.43. The van der Waals surface area contributed by atoms with Crippen molar-refractivity contribution in [1.29, 1.82) is 0 Å². The zero-order valence-corrected chi connectivity index (χ0v) is 14.2. The minimum atomic E-state index is -0.294. The zero-order valence-electron chi connectivity index (χ0n) is 11.5. The summed E-state index contributed by atoms with van der Waals surface area (Å²) in [6.45, 7) is 0.510. The molecule has 0 unspecified atom stereocenters. The van der Waals surface area contributed by atoms with Crippen molar-refractivity contribution >= 4 is 55.6 Å². The lowest BCUT2D eigenvalue weighted by Crippen LogP contribution is -2.59. The van der Waals surface area contributed by atoms with E-state index in [-0.39, 0.29) is 50.6 Å². The number of thiol groups is 3. The van der Waals surface area contributed by atoms with Gasteiger partial charge in [-0.15, -0.1) is 0 Å². The highest BCUT2D eigenvalue weighted by molar-refractivity contribution is 7.83. The molecule has 1 rings (SSSR count). The molecule has 0 radical (unpaired) electrons. The van der Waals surface area contributed by atoms with E-state index in [1.807, 2.05) is 0 Å². The molecular weight excluding hydrogens is 330 g/mol. The lowest BCUT2D eigenvalue weighted by atomic mass is 10.3. The number of hydrogen-bond donors (Lipinski definition) is 3. The third-order valence-electron chi connectivity index (χ3n) is 2.91. The van der Waals surface area contributed by atoms with Gasteiger partial charge in [0.2, 0.25) is 17.7 Å². The van der Waals surface area contributed by atoms with E-state index in [0.29, 0.717) is 11.5 Å².